The lowest BCUT2D eigenvalue weighted by atomic mass is 9.98. The van der Waals surface area contributed by atoms with E-state index in [1.54, 1.807) is 0 Å². The number of sulfone groups is 1. The maximum atomic E-state index is 13.8. The van der Waals surface area contributed by atoms with Crippen LogP contribution in [0.4, 0.5) is 14.6 Å². The normalized spacial score (nSPS) is 24.2. The molecule has 1 N–H and O–H groups in total. The molecule has 1 saturated carbocycles. The third-order valence-electron chi connectivity index (χ3n) is 6.33. The number of alkyl halides is 2. The van der Waals surface area contributed by atoms with Crippen molar-refractivity contribution in [3.63, 3.8) is 0 Å². The van der Waals surface area contributed by atoms with Crippen LogP contribution in [0.15, 0.2) is 47.6 Å². The fraction of sp³-hybridized carbons (Fsp3) is 0.500. The molecule has 0 bridgehead atoms. The quantitative estimate of drug-likeness (QED) is 0.349. The number of nitrogens with one attached hydrogen (secondary N) is 1. The van der Waals surface area contributed by atoms with E-state index < -0.39 is 34.0 Å². The molecule has 2 aromatic rings. The van der Waals surface area contributed by atoms with Gasteiger partial charge in [-0.05, 0) is 55.7 Å². The average molecular weight is 552 g/mol. The standard InChI is InChI=1S/C26H31F2N3O6S/c1-38(33,34)19-7-5-18(6-8-19)20(12-17-13-21(27)22(28)14-17)26(32)31-23-15-30-24(16-29-23)35-10-11-37-25-4-2-3-9-36-25/h5-8,12,15-17,21-22,25H,2-4,9-11,13-14H2,1H3,(H,29,31,32)/t17?,21-,22+,25?. The van der Waals surface area contributed by atoms with Crippen molar-refractivity contribution in [3.05, 3.63) is 48.3 Å². The van der Waals surface area contributed by atoms with Gasteiger partial charge in [0.25, 0.3) is 5.91 Å². The Labute approximate surface area is 220 Å². The lowest BCUT2D eigenvalue weighted by Gasteiger charge is -2.22. The Morgan fingerprint density at radius 3 is 2.45 bits per heavy atom. The number of nitrogens with zero attached hydrogens (tertiary/aromatic N) is 2. The highest BCUT2D eigenvalue weighted by Gasteiger charge is 2.34. The Morgan fingerprint density at radius 1 is 1.11 bits per heavy atom. The van der Waals surface area contributed by atoms with Crippen LogP contribution in [0, 0.1) is 5.92 Å². The number of carbonyl (C=O) groups is 1. The molecule has 0 radical (unpaired) electrons. The van der Waals surface area contributed by atoms with Crippen molar-refractivity contribution in [1.82, 2.24) is 9.97 Å². The number of ether oxygens (including phenoxy) is 3. The number of amides is 1. The number of aromatic nitrogens is 2. The first-order valence-corrected chi connectivity index (χ1v) is 14.4. The van der Waals surface area contributed by atoms with Gasteiger partial charge in [0.1, 0.15) is 19.0 Å². The number of rotatable bonds is 10. The molecule has 1 aromatic heterocycles. The van der Waals surface area contributed by atoms with Crippen LogP contribution >= 0.6 is 0 Å². The SMILES string of the molecule is CS(=O)(=O)c1ccc(C(=CC2C[C@@H](F)[C@@H](F)C2)C(=O)Nc2cnc(OCCOC3CCCCO3)cn2)cc1. The minimum absolute atomic E-state index is 0.0399. The molecule has 1 aliphatic carbocycles. The number of allylic oxidation sites excluding steroid dienone is 1. The molecule has 12 heteroatoms. The van der Waals surface area contributed by atoms with E-state index in [0.717, 1.165) is 25.5 Å². The summed E-state index contributed by atoms with van der Waals surface area (Å²) in [5.74, 6) is -0.666. The van der Waals surface area contributed by atoms with Crippen LogP contribution in [0.3, 0.4) is 0 Å². The Morgan fingerprint density at radius 2 is 1.84 bits per heavy atom. The summed E-state index contributed by atoms with van der Waals surface area (Å²) in [6.07, 6.45) is 4.78. The van der Waals surface area contributed by atoms with Crippen LogP contribution in [0.1, 0.15) is 37.7 Å². The van der Waals surface area contributed by atoms with Gasteiger partial charge >= 0.3 is 0 Å². The highest BCUT2D eigenvalue weighted by Crippen LogP contribution is 2.34. The molecule has 206 valence electrons. The number of halogens is 2. The van der Waals surface area contributed by atoms with Crippen LogP contribution in [-0.2, 0) is 24.1 Å². The monoisotopic (exact) mass is 551 g/mol. The summed E-state index contributed by atoms with van der Waals surface area (Å²) in [5, 5.41) is 2.64. The van der Waals surface area contributed by atoms with Gasteiger partial charge in [-0.15, -0.1) is 0 Å². The lowest BCUT2D eigenvalue weighted by Crippen LogP contribution is -2.24. The maximum absolute atomic E-state index is 13.8. The van der Waals surface area contributed by atoms with Gasteiger partial charge in [-0.1, -0.05) is 18.2 Å². The summed E-state index contributed by atoms with van der Waals surface area (Å²) in [5.41, 5.74) is 0.558. The molecule has 9 nitrogen and oxygen atoms in total. The van der Waals surface area contributed by atoms with E-state index in [4.69, 9.17) is 14.2 Å². The molecular weight excluding hydrogens is 520 g/mol. The van der Waals surface area contributed by atoms with Crippen molar-refractivity contribution in [2.24, 2.45) is 5.92 Å². The summed E-state index contributed by atoms with van der Waals surface area (Å²) in [6.45, 7) is 1.28. The van der Waals surface area contributed by atoms with Crippen molar-refractivity contribution in [2.75, 3.05) is 31.4 Å². The Bertz CT molecular complexity index is 1210. The van der Waals surface area contributed by atoms with E-state index in [1.165, 1.54) is 42.7 Å². The first-order chi connectivity index (χ1) is 18.2. The summed E-state index contributed by atoms with van der Waals surface area (Å²) in [7, 11) is -3.43. The first-order valence-electron chi connectivity index (χ1n) is 12.5. The van der Waals surface area contributed by atoms with Crippen molar-refractivity contribution in [1.29, 1.82) is 0 Å². The molecule has 1 amide bonds. The van der Waals surface area contributed by atoms with E-state index in [9.17, 15) is 22.0 Å². The fourth-order valence-corrected chi connectivity index (χ4v) is 4.96. The van der Waals surface area contributed by atoms with Crippen LogP contribution in [0.25, 0.3) is 5.57 Å². The molecule has 38 heavy (non-hydrogen) atoms. The molecule has 4 rings (SSSR count). The molecular formula is C26H31F2N3O6S. The average Bonchev–Trinajstić information content (AvgIpc) is 3.22. The zero-order valence-corrected chi connectivity index (χ0v) is 21.8. The van der Waals surface area contributed by atoms with Crippen LogP contribution in [0.2, 0.25) is 0 Å². The minimum atomic E-state index is -3.43. The number of benzene rings is 1. The van der Waals surface area contributed by atoms with Gasteiger partial charge in [-0.3, -0.25) is 4.79 Å². The summed E-state index contributed by atoms with van der Waals surface area (Å²) in [4.78, 5) is 21.6. The van der Waals surface area contributed by atoms with Gasteiger partial charge < -0.3 is 19.5 Å². The predicted octanol–water partition coefficient (Wildman–Crippen LogP) is 3.91. The largest absolute Gasteiger partial charge is 0.474 e. The molecule has 2 unspecified atom stereocenters. The Hall–Kier alpha value is -2.96. The molecule has 2 heterocycles. The Balaban J connectivity index is 1.40. The third kappa shape index (κ3) is 7.78. The van der Waals surface area contributed by atoms with Gasteiger partial charge in [0.05, 0.1) is 23.9 Å². The second-order valence-corrected chi connectivity index (χ2v) is 11.4. The van der Waals surface area contributed by atoms with Gasteiger partial charge in [0.15, 0.2) is 21.9 Å². The highest BCUT2D eigenvalue weighted by atomic mass is 32.2. The van der Waals surface area contributed by atoms with E-state index in [1.807, 2.05) is 0 Å². The molecule has 2 aliphatic rings. The Kier molecular flexibility index (Phi) is 9.40. The van der Waals surface area contributed by atoms with Gasteiger partial charge in [-0.25, -0.2) is 27.2 Å². The molecule has 4 atom stereocenters. The molecule has 1 aliphatic heterocycles. The van der Waals surface area contributed by atoms with E-state index >= 15 is 0 Å². The third-order valence-corrected chi connectivity index (χ3v) is 7.46. The lowest BCUT2D eigenvalue weighted by molar-refractivity contribution is -0.165. The van der Waals surface area contributed by atoms with E-state index in [2.05, 4.69) is 15.3 Å². The molecule has 1 saturated heterocycles. The zero-order valence-electron chi connectivity index (χ0n) is 21.0. The number of hydrogen-bond donors (Lipinski definition) is 1. The van der Waals surface area contributed by atoms with Gasteiger partial charge in [0.2, 0.25) is 5.88 Å². The number of carbonyl (C=O) groups excluding carboxylic acids is 1. The van der Waals surface area contributed by atoms with E-state index in [0.29, 0.717) is 18.8 Å². The predicted molar refractivity (Wildman–Crippen MR) is 136 cm³/mol. The maximum Gasteiger partial charge on any atom is 0.257 e. The van der Waals surface area contributed by atoms with Crippen molar-refractivity contribution in [2.45, 2.75) is 55.6 Å². The second kappa shape index (κ2) is 12.7. The number of hydrogen-bond acceptors (Lipinski definition) is 8. The summed E-state index contributed by atoms with van der Waals surface area (Å²) >= 11 is 0. The summed E-state index contributed by atoms with van der Waals surface area (Å²) in [6, 6.07) is 5.73. The zero-order chi connectivity index (χ0) is 27.1. The number of anilines is 1. The topological polar surface area (TPSA) is 117 Å². The first kappa shape index (κ1) is 28.1. The van der Waals surface area contributed by atoms with Crippen LogP contribution < -0.4 is 10.1 Å². The minimum Gasteiger partial charge on any atom is -0.474 e. The smallest absolute Gasteiger partial charge is 0.257 e. The van der Waals surface area contributed by atoms with Crippen molar-refractivity contribution in [3.8, 4) is 5.88 Å². The molecule has 1 aromatic carbocycles. The second-order valence-electron chi connectivity index (χ2n) is 9.35. The van der Waals surface area contributed by atoms with Crippen molar-refractivity contribution < 1.29 is 36.2 Å². The van der Waals surface area contributed by atoms with Crippen LogP contribution in [-0.4, -0.2) is 69.0 Å². The highest BCUT2D eigenvalue weighted by molar-refractivity contribution is 7.90. The van der Waals surface area contributed by atoms with Crippen molar-refractivity contribution >= 4 is 27.1 Å². The molecule has 0 spiro atoms. The van der Waals surface area contributed by atoms with Crippen LogP contribution in [0.5, 0.6) is 5.88 Å². The van der Waals surface area contributed by atoms with Gasteiger partial charge in [-0.2, -0.15) is 0 Å². The summed E-state index contributed by atoms with van der Waals surface area (Å²) < 4.78 is 67.8. The van der Waals surface area contributed by atoms with Gasteiger partial charge in [0, 0.05) is 18.4 Å². The van der Waals surface area contributed by atoms with E-state index in [-0.39, 0.29) is 47.9 Å². The molecule has 2 fully saturated rings. The fourth-order valence-electron chi connectivity index (χ4n) is 4.33.